The number of rotatable bonds is 4. The van der Waals surface area contributed by atoms with E-state index in [-0.39, 0.29) is 6.10 Å². The molecule has 0 atom stereocenters. The van der Waals surface area contributed by atoms with E-state index in [0.29, 0.717) is 19.8 Å². The lowest BCUT2D eigenvalue weighted by atomic mass is 10.1. The SMILES string of the molecule is Cn1nccc1-c1cncc(CNC(=O)OC2CCOCC2)c1. The second-order valence-corrected chi connectivity index (χ2v) is 5.49. The van der Waals surface area contributed by atoms with Gasteiger partial charge >= 0.3 is 6.09 Å². The molecule has 0 spiro atoms. The van der Waals surface area contributed by atoms with Crippen LogP contribution in [0.15, 0.2) is 30.7 Å². The molecule has 0 saturated carbocycles. The van der Waals surface area contributed by atoms with Crippen molar-refractivity contribution < 1.29 is 14.3 Å². The number of hydrogen-bond acceptors (Lipinski definition) is 5. The van der Waals surface area contributed by atoms with E-state index in [0.717, 1.165) is 29.7 Å². The lowest BCUT2D eigenvalue weighted by Crippen LogP contribution is -2.32. The van der Waals surface area contributed by atoms with Gasteiger partial charge in [0.2, 0.25) is 0 Å². The summed E-state index contributed by atoms with van der Waals surface area (Å²) in [4.78, 5) is 16.1. The van der Waals surface area contributed by atoms with E-state index in [1.54, 1.807) is 23.3 Å². The Morgan fingerprint density at radius 3 is 3.00 bits per heavy atom. The monoisotopic (exact) mass is 316 g/mol. The second kappa shape index (κ2) is 7.23. The number of carbonyl (C=O) groups excluding carboxylic acids is 1. The summed E-state index contributed by atoms with van der Waals surface area (Å²) in [6, 6.07) is 3.91. The summed E-state index contributed by atoms with van der Waals surface area (Å²) in [6.07, 6.45) is 6.31. The van der Waals surface area contributed by atoms with Gasteiger partial charge in [-0.05, 0) is 17.7 Å². The van der Waals surface area contributed by atoms with E-state index in [4.69, 9.17) is 9.47 Å². The van der Waals surface area contributed by atoms with Crippen molar-refractivity contribution in [2.75, 3.05) is 13.2 Å². The number of amides is 1. The van der Waals surface area contributed by atoms with E-state index in [1.807, 2.05) is 19.2 Å². The van der Waals surface area contributed by atoms with Crippen LogP contribution in [0.3, 0.4) is 0 Å². The first kappa shape index (κ1) is 15.5. The highest BCUT2D eigenvalue weighted by molar-refractivity contribution is 5.67. The Kier molecular flexibility index (Phi) is 4.87. The number of alkyl carbamates (subject to hydrolysis) is 1. The van der Waals surface area contributed by atoms with Crippen LogP contribution >= 0.6 is 0 Å². The summed E-state index contributed by atoms with van der Waals surface area (Å²) in [6.45, 7) is 1.67. The van der Waals surface area contributed by atoms with Crippen LogP contribution in [0.5, 0.6) is 0 Å². The smallest absolute Gasteiger partial charge is 0.407 e. The van der Waals surface area contributed by atoms with Crippen molar-refractivity contribution in [3.63, 3.8) is 0 Å². The summed E-state index contributed by atoms with van der Waals surface area (Å²) in [5.41, 5.74) is 2.85. The van der Waals surface area contributed by atoms with Gasteiger partial charge in [0.1, 0.15) is 6.10 Å². The molecule has 2 aromatic rings. The van der Waals surface area contributed by atoms with Gasteiger partial charge in [0.15, 0.2) is 0 Å². The van der Waals surface area contributed by atoms with Crippen LogP contribution in [0.2, 0.25) is 0 Å². The molecule has 0 aromatic carbocycles. The van der Waals surface area contributed by atoms with Crippen LogP contribution in [0.25, 0.3) is 11.3 Å². The quantitative estimate of drug-likeness (QED) is 0.932. The maximum Gasteiger partial charge on any atom is 0.407 e. The Hall–Kier alpha value is -2.41. The largest absolute Gasteiger partial charge is 0.446 e. The molecule has 0 aliphatic carbocycles. The fraction of sp³-hybridized carbons (Fsp3) is 0.438. The van der Waals surface area contributed by atoms with Gasteiger partial charge in [-0.2, -0.15) is 5.10 Å². The minimum Gasteiger partial charge on any atom is -0.446 e. The standard InChI is InChI=1S/C16H20N4O3/c1-20-15(2-5-19-20)13-8-12(9-17-11-13)10-18-16(21)23-14-3-6-22-7-4-14/h2,5,8-9,11,14H,3-4,6-7,10H2,1H3,(H,18,21). The maximum absolute atomic E-state index is 11.8. The molecule has 122 valence electrons. The van der Waals surface area contributed by atoms with Crippen LogP contribution in [-0.2, 0) is 23.1 Å². The molecule has 7 nitrogen and oxygen atoms in total. The molecular formula is C16H20N4O3. The first-order valence-electron chi connectivity index (χ1n) is 7.67. The van der Waals surface area contributed by atoms with Gasteiger partial charge in [-0.25, -0.2) is 4.79 Å². The van der Waals surface area contributed by atoms with Gasteiger partial charge < -0.3 is 14.8 Å². The first-order valence-corrected chi connectivity index (χ1v) is 7.67. The third kappa shape index (κ3) is 4.07. The lowest BCUT2D eigenvalue weighted by Gasteiger charge is -2.22. The normalized spacial score (nSPS) is 15.3. The van der Waals surface area contributed by atoms with Crippen molar-refractivity contribution >= 4 is 6.09 Å². The molecule has 3 rings (SSSR count). The van der Waals surface area contributed by atoms with Gasteiger partial charge in [-0.15, -0.1) is 0 Å². The zero-order valence-electron chi connectivity index (χ0n) is 13.1. The van der Waals surface area contributed by atoms with Gasteiger partial charge in [0.25, 0.3) is 0 Å². The number of ether oxygens (including phenoxy) is 2. The summed E-state index contributed by atoms with van der Waals surface area (Å²) in [7, 11) is 1.88. The Bertz CT molecular complexity index is 665. The van der Waals surface area contributed by atoms with Gasteiger partial charge in [0.05, 0.1) is 18.9 Å². The molecule has 7 heteroatoms. The van der Waals surface area contributed by atoms with Crippen LogP contribution < -0.4 is 5.32 Å². The molecule has 1 saturated heterocycles. The van der Waals surface area contributed by atoms with Crippen molar-refractivity contribution in [2.45, 2.75) is 25.5 Å². The van der Waals surface area contributed by atoms with Gasteiger partial charge in [-0.3, -0.25) is 9.67 Å². The van der Waals surface area contributed by atoms with E-state index in [1.165, 1.54) is 0 Å². The molecule has 3 heterocycles. The average Bonchev–Trinajstić information content (AvgIpc) is 3.00. The molecule has 0 radical (unpaired) electrons. The van der Waals surface area contributed by atoms with Crippen LogP contribution in [-0.4, -0.2) is 40.2 Å². The predicted molar refractivity (Wildman–Crippen MR) is 83.6 cm³/mol. The molecule has 1 fully saturated rings. The number of hydrogen-bond donors (Lipinski definition) is 1. The summed E-state index contributed by atoms with van der Waals surface area (Å²) in [5, 5.41) is 6.92. The number of pyridine rings is 1. The van der Waals surface area contributed by atoms with E-state index in [9.17, 15) is 4.79 Å². The first-order chi connectivity index (χ1) is 11.2. The predicted octanol–water partition coefficient (Wildman–Crippen LogP) is 1.89. The summed E-state index contributed by atoms with van der Waals surface area (Å²) >= 11 is 0. The van der Waals surface area contributed by atoms with Crippen molar-refractivity contribution in [1.82, 2.24) is 20.1 Å². The zero-order chi connectivity index (χ0) is 16.1. The van der Waals surface area contributed by atoms with Gasteiger partial charge in [-0.1, -0.05) is 0 Å². The third-order valence-electron chi connectivity index (χ3n) is 3.79. The van der Waals surface area contributed by atoms with Crippen molar-refractivity contribution in [3.05, 3.63) is 36.3 Å². The fourth-order valence-corrected chi connectivity index (χ4v) is 2.54. The topological polar surface area (TPSA) is 78.3 Å². The van der Waals surface area contributed by atoms with E-state index < -0.39 is 6.09 Å². The van der Waals surface area contributed by atoms with E-state index in [2.05, 4.69) is 15.4 Å². The lowest BCUT2D eigenvalue weighted by molar-refractivity contribution is 0.00151. The molecule has 0 bridgehead atoms. The Morgan fingerprint density at radius 1 is 1.43 bits per heavy atom. The van der Waals surface area contributed by atoms with Gasteiger partial charge in [0, 0.05) is 50.6 Å². The molecule has 0 unspecified atom stereocenters. The Balaban J connectivity index is 1.56. The van der Waals surface area contributed by atoms with Crippen molar-refractivity contribution in [3.8, 4) is 11.3 Å². The average molecular weight is 316 g/mol. The molecular weight excluding hydrogens is 296 g/mol. The number of aryl methyl sites for hydroxylation is 1. The highest BCUT2D eigenvalue weighted by Crippen LogP contribution is 2.18. The minimum absolute atomic E-state index is 0.0531. The highest BCUT2D eigenvalue weighted by atomic mass is 16.6. The van der Waals surface area contributed by atoms with E-state index >= 15 is 0 Å². The summed E-state index contributed by atoms with van der Waals surface area (Å²) < 4.78 is 12.4. The zero-order valence-corrected chi connectivity index (χ0v) is 13.1. The third-order valence-corrected chi connectivity index (χ3v) is 3.79. The maximum atomic E-state index is 11.8. The number of aromatic nitrogens is 3. The van der Waals surface area contributed by atoms with Crippen LogP contribution in [0.4, 0.5) is 4.79 Å². The molecule has 1 amide bonds. The summed E-state index contributed by atoms with van der Waals surface area (Å²) in [5.74, 6) is 0. The van der Waals surface area contributed by atoms with Crippen LogP contribution in [0.1, 0.15) is 18.4 Å². The molecule has 23 heavy (non-hydrogen) atoms. The van der Waals surface area contributed by atoms with Crippen LogP contribution in [0, 0.1) is 0 Å². The fourth-order valence-electron chi connectivity index (χ4n) is 2.54. The number of carbonyl (C=O) groups is 1. The molecule has 1 N–H and O–H groups in total. The molecule has 1 aliphatic heterocycles. The number of nitrogens with one attached hydrogen (secondary N) is 1. The van der Waals surface area contributed by atoms with Crippen molar-refractivity contribution in [1.29, 1.82) is 0 Å². The Labute approximate surface area is 134 Å². The minimum atomic E-state index is -0.400. The second-order valence-electron chi connectivity index (χ2n) is 5.49. The number of nitrogens with zero attached hydrogens (tertiary/aromatic N) is 3. The Morgan fingerprint density at radius 2 is 2.26 bits per heavy atom. The molecule has 2 aromatic heterocycles. The molecule has 1 aliphatic rings. The van der Waals surface area contributed by atoms with Crippen molar-refractivity contribution in [2.24, 2.45) is 7.05 Å². The highest BCUT2D eigenvalue weighted by Gasteiger charge is 2.17.